The van der Waals surface area contributed by atoms with Gasteiger partial charge in [-0.2, -0.15) is 0 Å². The maximum Gasteiger partial charge on any atom is 0.143 e. The van der Waals surface area contributed by atoms with Gasteiger partial charge >= 0.3 is 0 Å². The highest BCUT2D eigenvalue weighted by Gasteiger charge is 2.23. The summed E-state index contributed by atoms with van der Waals surface area (Å²) >= 11 is 1.80. The first-order valence-corrected chi connectivity index (χ1v) is 8.72. The third-order valence-electron chi connectivity index (χ3n) is 4.71. The number of nitrogens with zero attached hydrogens (tertiary/aromatic N) is 1. The van der Waals surface area contributed by atoms with E-state index >= 15 is 0 Å². The Morgan fingerprint density at radius 2 is 1.71 bits per heavy atom. The molecule has 2 aromatic heterocycles. The van der Waals surface area contributed by atoms with Gasteiger partial charge in [-0.1, -0.05) is 48.2 Å². The van der Waals surface area contributed by atoms with Gasteiger partial charge < -0.3 is 4.42 Å². The van der Waals surface area contributed by atoms with E-state index in [1.165, 1.54) is 36.9 Å². The third kappa shape index (κ3) is 1.50. The zero-order valence-corrected chi connectivity index (χ0v) is 13.4. The van der Waals surface area contributed by atoms with Crippen LogP contribution in [0.5, 0.6) is 0 Å². The monoisotopic (exact) mass is 325 g/mol. The molecule has 5 aromatic rings. The van der Waals surface area contributed by atoms with Crippen molar-refractivity contribution in [2.45, 2.75) is 9.79 Å². The van der Waals surface area contributed by atoms with Gasteiger partial charge in [-0.15, -0.1) is 0 Å². The molecular formula is C21H11NOS. The zero-order chi connectivity index (χ0) is 15.7. The van der Waals surface area contributed by atoms with Crippen LogP contribution in [0.1, 0.15) is 0 Å². The Hall–Kier alpha value is -2.78. The molecule has 1 aliphatic rings. The molecule has 24 heavy (non-hydrogen) atoms. The fraction of sp³-hybridized carbons (Fsp3) is 0. The van der Waals surface area contributed by atoms with Gasteiger partial charge in [0.15, 0.2) is 0 Å². The van der Waals surface area contributed by atoms with Gasteiger partial charge in [0, 0.05) is 43.1 Å². The number of aromatic nitrogens is 1. The van der Waals surface area contributed by atoms with Crippen LogP contribution < -0.4 is 0 Å². The van der Waals surface area contributed by atoms with Crippen LogP contribution in [-0.2, 0) is 0 Å². The minimum absolute atomic E-state index is 0.941. The van der Waals surface area contributed by atoms with Crippen molar-refractivity contribution in [3.63, 3.8) is 0 Å². The van der Waals surface area contributed by atoms with Crippen molar-refractivity contribution < 1.29 is 4.42 Å². The minimum Gasteiger partial charge on any atom is -0.455 e. The van der Waals surface area contributed by atoms with Crippen molar-refractivity contribution in [3.05, 3.63) is 66.9 Å². The second-order valence-corrected chi connectivity index (χ2v) is 7.11. The van der Waals surface area contributed by atoms with Crippen molar-refractivity contribution in [1.29, 1.82) is 0 Å². The molecule has 0 N–H and O–H groups in total. The van der Waals surface area contributed by atoms with Crippen LogP contribution in [0, 0.1) is 0 Å². The first kappa shape index (κ1) is 12.6. The van der Waals surface area contributed by atoms with E-state index < -0.39 is 0 Å². The van der Waals surface area contributed by atoms with Crippen LogP contribution in [0.15, 0.2) is 81.1 Å². The molecule has 3 heteroatoms. The zero-order valence-electron chi connectivity index (χ0n) is 12.6. The highest BCUT2D eigenvalue weighted by atomic mass is 32.2. The molecule has 0 aliphatic carbocycles. The van der Waals surface area contributed by atoms with Crippen LogP contribution in [0.4, 0.5) is 0 Å². The molecule has 0 atom stereocenters. The number of hydrogen-bond donors (Lipinski definition) is 0. The van der Waals surface area contributed by atoms with E-state index in [9.17, 15) is 0 Å². The maximum absolute atomic E-state index is 6.20. The summed E-state index contributed by atoms with van der Waals surface area (Å²) in [6, 6.07) is 21.1. The van der Waals surface area contributed by atoms with E-state index in [4.69, 9.17) is 4.42 Å². The fourth-order valence-electron chi connectivity index (χ4n) is 3.69. The minimum atomic E-state index is 0.941. The van der Waals surface area contributed by atoms with Crippen LogP contribution in [0.3, 0.4) is 0 Å². The lowest BCUT2D eigenvalue weighted by Gasteiger charge is -2.19. The molecule has 6 rings (SSSR count). The molecule has 0 fully saturated rings. The molecule has 0 saturated heterocycles. The quantitative estimate of drug-likeness (QED) is 0.329. The number of fused-ring (bicyclic) bond motifs is 6. The average molecular weight is 325 g/mol. The Kier molecular flexibility index (Phi) is 2.31. The molecule has 0 amide bonds. The van der Waals surface area contributed by atoms with Crippen LogP contribution in [-0.4, -0.2) is 4.98 Å². The number of pyridine rings is 1. The Morgan fingerprint density at radius 1 is 0.792 bits per heavy atom. The van der Waals surface area contributed by atoms with Gasteiger partial charge in [0.25, 0.3) is 0 Å². The summed E-state index contributed by atoms with van der Waals surface area (Å²) in [6.45, 7) is 0. The molecule has 3 aromatic carbocycles. The van der Waals surface area contributed by atoms with Crippen molar-refractivity contribution in [2.24, 2.45) is 0 Å². The Labute approximate surface area is 142 Å². The second kappa shape index (κ2) is 4.40. The molecule has 0 bridgehead atoms. The number of para-hydroxylation sites is 1. The molecular weight excluding hydrogens is 314 g/mol. The van der Waals surface area contributed by atoms with E-state index in [1.54, 1.807) is 11.8 Å². The van der Waals surface area contributed by atoms with Gasteiger partial charge in [0.05, 0.1) is 5.69 Å². The van der Waals surface area contributed by atoms with E-state index in [0.29, 0.717) is 0 Å². The van der Waals surface area contributed by atoms with Gasteiger partial charge in [-0.3, -0.25) is 4.98 Å². The van der Waals surface area contributed by atoms with Crippen molar-refractivity contribution >= 4 is 44.5 Å². The van der Waals surface area contributed by atoms with Crippen LogP contribution in [0.25, 0.3) is 44.0 Å². The summed E-state index contributed by atoms with van der Waals surface area (Å²) in [5, 5.41) is 4.78. The first-order valence-electron chi connectivity index (χ1n) is 7.90. The standard InChI is InChI=1S/C21H11NOS/c1-2-8-16-12(5-1)15-11-18-19-13(6-3-7-14(19)21(15)23-16)20-17(24-18)9-4-10-22-20/h1-11H. The number of furan rings is 1. The van der Waals surface area contributed by atoms with Gasteiger partial charge in [0.2, 0.25) is 0 Å². The summed E-state index contributed by atoms with van der Waals surface area (Å²) in [4.78, 5) is 7.11. The molecule has 0 spiro atoms. The lowest BCUT2D eigenvalue weighted by Crippen LogP contribution is -1.95. The lowest BCUT2D eigenvalue weighted by molar-refractivity contribution is 0.672. The smallest absolute Gasteiger partial charge is 0.143 e. The molecule has 1 aliphatic heterocycles. The molecule has 2 nitrogen and oxygen atoms in total. The molecule has 0 unspecified atom stereocenters. The predicted octanol–water partition coefficient (Wildman–Crippen LogP) is 6.27. The van der Waals surface area contributed by atoms with Gasteiger partial charge in [0.1, 0.15) is 11.2 Å². The van der Waals surface area contributed by atoms with Crippen molar-refractivity contribution in [2.75, 3.05) is 0 Å². The highest BCUT2D eigenvalue weighted by Crippen LogP contribution is 2.49. The van der Waals surface area contributed by atoms with Gasteiger partial charge in [-0.05, 0) is 24.3 Å². The second-order valence-electron chi connectivity index (χ2n) is 6.03. The fourth-order valence-corrected chi connectivity index (χ4v) is 4.83. The summed E-state index contributed by atoms with van der Waals surface area (Å²) in [6.07, 6.45) is 1.86. The highest BCUT2D eigenvalue weighted by molar-refractivity contribution is 7.99. The topological polar surface area (TPSA) is 26.0 Å². The van der Waals surface area contributed by atoms with Crippen LogP contribution in [0.2, 0.25) is 0 Å². The Bertz CT molecular complexity index is 1290. The third-order valence-corrected chi connectivity index (χ3v) is 5.80. The lowest BCUT2D eigenvalue weighted by atomic mass is 9.99. The SMILES string of the molecule is c1cnc2c(c1)Sc1cc3c4ccccc4oc3c3cccc-2c13. The van der Waals surface area contributed by atoms with Crippen molar-refractivity contribution in [1.82, 2.24) is 4.98 Å². The largest absolute Gasteiger partial charge is 0.455 e. The van der Waals surface area contributed by atoms with Crippen LogP contribution >= 0.6 is 11.8 Å². The number of rotatable bonds is 0. The van der Waals surface area contributed by atoms with Crippen molar-refractivity contribution in [3.8, 4) is 11.3 Å². The Morgan fingerprint density at radius 3 is 2.71 bits per heavy atom. The van der Waals surface area contributed by atoms with Gasteiger partial charge in [-0.25, -0.2) is 0 Å². The maximum atomic E-state index is 6.20. The summed E-state index contributed by atoms with van der Waals surface area (Å²) in [5.74, 6) is 0. The summed E-state index contributed by atoms with van der Waals surface area (Å²) in [5.41, 5.74) is 4.17. The molecule has 112 valence electrons. The molecule has 0 saturated carbocycles. The summed E-state index contributed by atoms with van der Waals surface area (Å²) in [7, 11) is 0. The number of hydrogen-bond acceptors (Lipinski definition) is 3. The van der Waals surface area contributed by atoms with E-state index in [0.717, 1.165) is 16.9 Å². The summed E-state index contributed by atoms with van der Waals surface area (Å²) < 4.78 is 6.20. The predicted molar refractivity (Wildman–Crippen MR) is 98.6 cm³/mol. The first-order chi connectivity index (χ1) is 11.9. The van der Waals surface area contributed by atoms with E-state index in [1.807, 2.05) is 24.4 Å². The normalized spacial score (nSPS) is 12.8. The average Bonchev–Trinajstić information content (AvgIpc) is 3.01. The van der Waals surface area contributed by atoms with E-state index in [-0.39, 0.29) is 0 Å². The molecule has 0 radical (unpaired) electrons. The number of benzene rings is 3. The molecule has 3 heterocycles. The van der Waals surface area contributed by atoms with E-state index in [2.05, 4.69) is 47.4 Å². The Balaban J connectivity index is 1.87.